The molecule has 1 atom stereocenters. The van der Waals surface area contributed by atoms with Crippen molar-refractivity contribution < 1.29 is 4.79 Å². The second-order valence-corrected chi connectivity index (χ2v) is 6.37. The van der Waals surface area contributed by atoms with Crippen LogP contribution in [0.2, 0.25) is 0 Å². The summed E-state index contributed by atoms with van der Waals surface area (Å²) < 4.78 is 1.20. The summed E-state index contributed by atoms with van der Waals surface area (Å²) >= 11 is 2.28. The van der Waals surface area contributed by atoms with Crippen LogP contribution in [0.15, 0.2) is 48.5 Å². The summed E-state index contributed by atoms with van der Waals surface area (Å²) in [6.07, 6.45) is 1.41. The molecule has 0 amide bonds. The Labute approximate surface area is 132 Å². The number of hydrogen-bond donors (Lipinski definition) is 1. The first-order valence-electron chi connectivity index (χ1n) is 6.84. The lowest BCUT2D eigenvalue weighted by molar-refractivity contribution is -0.120. The first-order chi connectivity index (χ1) is 9.74. The van der Waals surface area contributed by atoms with Crippen molar-refractivity contribution in [2.24, 2.45) is 0 Å². The molecule has 3 heteroatoms. The fourth-order valence-corrected chi connectivity index (χ4v) is 3.09. The smallest absolute Gasteiger partial charge is 0.144 e. The van der Waals surface area contributed by atoms with E-state index in [4.69, 9.17) is 0 Å². The van der Waals surface area contributed by atoms with Crippen LogP contribution in [-0.2, 0) is 11.2 Å². The highest BCUT2D eigenvalue weighted by Gasteiger charge is 2.25. The molecule has 20 heavy (non-hydrogen) atoms. The van der Waals surface area contributed by atoms with Crippen LogP contribution in [0.1, 0.15) is 23.5 Å². The first-order valence-corrected chi connectivity index (χ1v) is 7.92. The van der Waals surface area contributed by atoms with Gasteiger partial charge in [-0.3, -0.25) is 4.79 Å². The summed E-state index contributed by atoms with van der Waals surface area (Å²) in [5, 5.41) is 3.37. The van der Waals surface area contributed by atoms with E-state index in [1.165, 1.54) is 3.57 Å². The van der Waals surface area contributed by atoms with Crippen LogP contribution in [0.3, 0.4) is 0 Å². The fourth-order valence-electron chi connectivity index (χ4n) is 2.73. The minimum Gasteiger partial charge on any atom is -0.385 e. The van der Waals surface area contributed by atoms with Crippen molar-refractivity contribution in [1.82, 2.24) is 0 Å². The molecule has 2 nitrogen and oxygen atoms in total. The molecule has 0 aliphatic carbocycles. The van der Waals surface area contributed by atoms with Crippen LogP contribution >= 0.6 is 22.6 Å². The average Bonchev–Trinajstić information content (AvgIpc) is 2.49. The quantitative estimate of drug-likeness (QED) is 0.820. The van der Waals surface area contributed by atoms with Crippen molar-refractivity contribution in [3.05, 3.63) is 63.2 Å². The van der Waals surface area contributed by atoms with Gasteiger partial charge in [0, 0.05) is 28.1 Å². The van der Waals surface area contributed by atoms with E-state index in [-0.39, 0.29) is 5.92 Å². The third kappa shape index (κ3) is 2.87. The third-order valence-corrected chi connectivity index (χ3v) is 4.48. The van der Waals surface area contributed by atoms with E-state index < -0.39 is 0 Å². The maximum atomic E-state index is 12.6. The number of fused-ring (bicyclic) bond motifs is 1. The van der Waals surface area contributed by atoms with Gasteiger partial charge < -0.3 is 5.32 Å². The topological polar surface area (TPSA) is 29.1 Å². The van der Waals surface area contributed by atoms with Crippen molar-refractivity contribution in [1.29, 1.82) is 0 Å². The van der Waals surface area contributed by atoms with Gasteiger partial charge >= 0.3 is 0 Å². The van der Waals surface area contributed by atoms with Crippen molar-refractivity contribution in [2.75, 3.05) is 11.9 Å². The van der Waals surface area contributed by atoms with E-state index in [1.54, 1.807) is 0 Å². The number of nitrogens with one attached hydrogen (secondary N) is 1. The van der Waals surface area contributed by atoms with Gasteiger partial charge in [-0.25, -0.2) is 0 Å². The van der Waals surface area contributed by atoms with E-state index in [2.05, 4.69) is 52.2 Å². The maximum absolute atomic E-state index is 12.6. The molecule has 0 radical (unpaired) electrons. The zero-order valence-corrected chi connectivity index (χ0v) is 13.3. The number of anilines is 1. The summed E-state index contributed by atoms with van der Waals surface area (Å²) in [7, 11) is 0. The highest BCUT2D eigenvalue weighted by molar-refractivity contribution is 14.1. The van der Waals surface area contributed by atoms with Crippen LogP contribution in [0, 0.1) is 3.57 Å². The Morgan fingerprint density at radius 2 is 1.90 bits per heavy atom. The van der Waals surface area contributed by atoms with Crippen molar-refractivity contribution in [3.63, 3.8) is 0 Å². The Kier molecular flexibility index (Phi) is 4.05. The minimum atomic E-state index is 0.0340. The van der Waals surface area contributed by atoms with E-state index >= 15 is 0 Å². The number of Topliss-reactive ketones (excluding diaryl/α,β-unsaturated/α-hetero) is 1. The predicted molar refractivity (Wildman–Crippen MR) is 90.2 cm³/mol. The summed E-state index contributed by atoms with van der Waals surface area (Å²) in [4.78, 5) is 12.6. The molecule has 0 bridgehead atoms. The number of halogens is 1. The lowest BCUT2D eigenvalue weighted by atomic mass is 9.85. The number of carbonyl (C=O) groups excluding carboxylic acids is 1. The molecule has 0 saturated heterocycles. The van der Waals surface area contributed by atoms with Gasteiger partial charge in [0.25, 0.3) is 0 Å². The van der Waals surface area contributed by atoms with E-state index in [1.807, 2.05) is 24.3 Å². The van der Waals surface area contributed by atoms with Crippen molar-refractivity contribution in [2.45, 2.75) is 18.8 Å². The number of ketones is 1. The molecule has 0 fully saturated rings. The van der Waals surface area contributed by atoms with Crippen molar-refractivity contribution >= 4 is 34.1 Å². The van der Waals surface area contributed by atoms with Gasteiger partial charge in [0.05, 0.1) is 0 Å². The number of hydrogen-bond acceptors (Lipinski definition) is 2. The third-order valence-electron chi connectivity index (χ3n) is 3.76. The first kappa shape index (κ1) is 13.6. The Morgan fingerprint density at radius 1 is 1.15 bits per heavy atom. The lowest BCUT2D eigenvalue weighted by Gasteiger charge is -2.25. The summed E-state index contributed by atoms with van der Waals surface area (Å²) in [5.41, 5.74) is 3.36. The maximum Gasteiger partial charge on any atom is 0.144 e. The molecule has 1 N–H and O–H groups in total. The van der Waals surface area contributed by atoms with Gasteiger partial charge in [-0.1, -0.05) is 30.3 Å². The van der Waals surface area contributed by atoms with Gasteiger partial charge in [0.1, 0.15) is 5.78 Å². The Hall–Kier alpha value is -1.36. The van der Waals surface area contributed by atoms with Gasteiger partial charge in [-0.2, -0.15) is 0 Å². The van der Waals surface area contributed by atoms with Crippen LogP contribution in [0.4, 0.5) is 5.69 Å². The SMILES string of the molecule is O=C(Cc1ccc(I)cc1)C1CCNc2ccccc21. The molecule has 3 rings (SSSR count). The predicted octanol–water partition coefficient (Wildman–Crippen LogP) is 4.00. The second kappa shape index (κ2) is 5.95. The molecule has 102 valence electrons. The molecule has 2 aromatic rings. The van der Waals surface area contributed by atoms with Gasteiger partial charge in [0.15, 0.2) is 0 Å². The highest BCUT2D eigenvalue weighted by Crippen LogP contribution is 2.32. The number of rotatable bonds is 3. The lowest BCUT2D eigenvalue weighted by Crippen LogP contribution is -2.24. The minimum absolute atomic E-state index is 0.0340. The highest BCUT2D eigenvalue weighted by atomic mass is 127. The Balaban J connectivity index is 1.80. The van der Waals surface area contributed by atoms with Crippen LogP contribution in [-0.4, -0.2) is 12.3 Å². The van der Waals surface area contributed by atoms with E-state index in [9.17, 15) is 4.79 Å². The van der Waals surface area contributed by atoms with E-state index in [0.717, 1.165) is 29.8 Å². The van der Waals surface area contributed by atoms with Crippen LogP contribution in [0.25, 0.3) is 0 Å². The molecule has 1 unspecified atom stereocenters. The summed E-state index contributed by atoms with van der Waals surface area (Å²) in [5.74, 6) is 0.354. The Morgan fingerprint density at radius 3 is 2.70 bits per heavy atom. The molecule has 0 saturated carbocycles. The Bertz CT molecular complexity index is 621. The van der Waals surface area contributed by atoms with Crippen molar-refractivity contribution in [3.8, 4) is 0 Å². The van der Waals surface area contributed by atoms with Gasteiger partial charge in [0.2, 0.25) is 0 Å². The average molecular weight is 377 g/mol. The standard InChI is InChI=1S/C17H16INO/c18-13-7-5-12(6-8-13)11-17(20)15-9-10-19-16-4-2-1-3-14(15)16/h1-8,15,19H,9-11H2. The zero-order chi connectivity index (χ0) is 13.9. The molecule has 2 aromatic carbocycles. The normalized spacial score (nSPS) is 17.1. The number of carbonyl (C=O) groups is 1. The molecule has 0 spiro atoms. The van der Waals surface area contributed by atoms with Gasteiger partial charge in [-0.05, 0) is 58.3 Å². The molecule has 1 aliphatic rings. The molecule has 0 aromatic heterocycles. The zero-order valence-electron chi connectivity index (χ0n) is 11.1. The summed E-state index contributed by atoms with van der Waals surface area (Å²) in [6, 6.07) is 16.4. The van der Waals surface area contributed by atoms with E-state index in [0.29, 0.717) is 12.2 Å². The van der Waals surface area contributed by atoms with Crippen LogP contribution in [0.5, 0.6) is 0 Å². The largest absolute Gasteiger partial charge is 0.385 e. The number of benzene rings is 2. The molecular formula is C17H16INO. The molecule has 1 aliphatic heterocycles. The second-order valence-electron chi connectivity index (χ2n) is 5.12. The summed E-state index contributed by atoms with van der Waals surface area (Å²) in [6.45, 7) is 0.875. The number of para-hydroxylation sites is 1. The monoisotopic (exact) mass is 377 g/mol. The molecule has 1 heterocycles. The molecular weight excluding hydrogens is 361 g/mol. The van der Waals surface area contributed by atoms with Crippen LogP contribution < -0.4 is 5.32 Å². The van der Waals surface area contributed by atoms with Gasteiger partial charge in [-0.15, -0.1) is 0 Å². The fraction of sp³-hybridized carbons (Fsp3) is 0.235.